The highest BCUT2D eigenvalue weighted by atomic mass is 32.1. The molecule has 1 N–H and O–H groups in total. The topological polar surface area (TPSA) is 21.3 Å². The molecule has 1 unspecified atom stereocenters. The zero-order valence-electron chi connectivity index (χ0n) is 11.3. The van der Waals surface area contributed by atoms with Crippen molar-refractivity contribution in [1.82, 2.24) is 5.32 Å². The van der Waals surface area contributed by atoms with E-state index in [0.29, 0.717) is 6.04 Å². The maximum absolute atomic E-state index is 5.54. The molecule has 17 heavy (non-hydrogen) atoms. The van der Waals surface area contributed by atoms with Gasteiger partial charge in [0.05, 0.1) is 6.61 Å². The smallest absolute Gasteiger partial charge is 0.0623 e. The van der Waals surface area contributed by atoms with Crippen molar-refractivity contribution in [3.05, 3.63) is 21.9 Å². The summed E-state index contributed by atoms with van der Waals surface area (Å²) in [5.74, 6) is 0. The first kappa shape index (κ1) is 14.7. The number of thiophene rings is 1. The summed E-state index contributed by atoms with van der Waals surface area (Å²) in [5, 5.41) is 3.56. The summed E-state index contributed by atoms with van der Waals surface area (Å²) in [6.07, 6.45) is 3.40. The quantitative estimate of drug-likeness (QED) is 0.731. The molecule has 0 aliphatic rings. The van der Waals surface area contributed by atoms with Crippen LogP contribution in [0.2, 0.25) is 0 Å². The monoisotopic (exact) mass is 255 g/mol. The number of nitrogens with one attached hydrogen (secondary N) is 1. The van der Waals surface area contributed by atoms with Crippen molar-refractivity contribution in [1.29, 1.82) is 0 Å². The van der Waals surface area contributed by atoms with Crippen LogP contribution in [0.4, 0.5) is 0 Å². The lowest BCUT2D eigenvalue weighted by atomic mass is 10.2. The van der Waals surface area contributed by atoms with Crippen LogP contribution >= 0.6 is 11.3 Å². The standard InChI is InChI=1S/C14H25NOS/c1-4-9-15-12(11-16-6-3)10-14-8-7-13(5-2)17-14/h7-8,12,15H,4-6,9-11H2,1-3H3. The summed E-state index contributed by atoms with van der Waals surface area (Å²) in [7, 11) is 0. The van der Waals surface area contributed by atoms with Gasteiger partial charge in [0, 0.05) is 22.4 Å². The van der Waals surface area contributed by atoms with Crippen molar-refractivity contribution in [2.75, 3.05) is 19.8 Å². The second kappa shape index (κ2) is 8.67. The molecule has 0 fully saturated rings. The third-order valence-electron chi connectivity index (χ3n) is 2.72. The summed E-state index contributed by atoms with van der Waals surface area (Å²) in [6, 6.07) is 4.96. The van der Waals surface area contributed by atoms with E-state index in [0.717, 1.165) is 32.6 Å². The first-order chi connectivity index (χ1) is 8.30. The van der Waals surface area contributed by atoms with Crippen LogP contribution in [0.3, 0.4) is 0 Å². The maximum atomic E-state index is 5.54. The Morgan fingerprint density at radius 3 is 2.59 bits per heavy atom. The maximum Gasteiger partial charge on any atom is 0.0623 e. The van der Waals surface area contributed by atoms with Gasteiger partial charge in [0.1, 0.15) is 0 Å². The summed E-state index contributed by atoms with van der Waals surface area (Å²) >= 11 is 1.93. The van der Waals surface area contributed by atoms with Crippen LogP contribution in [0.15, 0.2) is 12.1 Å². The lowest BCUT2D eigenvalue weighted by Crippen LogP contribution is -2.35. The molecule has 1 aromatic rings. The highest BCUT2D eigenvalue weighted by Gasteiger charge is 2.10. The molecule has 0 saturated carbocycles. The van der Waals surface area contributed by atoms with E-state index in [1.807, 2.05) is 11.3 Å². The molecule has 0 radical (unpaired) electrons. The van der Waals surface area contributed by atoms with E-state index in [4.69, 9.17) is 4.74 Å². The van der Waals surface area contributed by atoms with E-state index >= 15 is 0 Å². The predicted molar refractivity (Wildman–Crippen MR) is 76.0 cm³/mol. The summed E-state index contributed by atoms with van der Waals surface area (Å²) in [6.45, 7) is 9.15. The fourth-order valence-corrected chi connectivity index (χ4v) is 2.80. The van der Waals surface area contributed by atoms with Gasteiger partial charge < -0.3 is 10.1 Å². The predicted octanol–water partition coefficient (Wildman–Crippen LogP) is 3.26. The number of rotatable bonds is 9. The highest BCUT2D eigenvalue weighted by molar-refractivity contribution is 7.11. The third kappa shape index (κ3) is 5.66. The van der Waals surface area contributed by atoms with Gasteiger partial charge in [-0.1, -0.05) is 13.8 Å². The number of ether oxygens (including phenoxy) is 1. The zero-order valence-corrected chi connectivity index (χ0v) is 12.1. The van der Waals surface area contributed by atoms with Gasteiger partial charge in [-0.3, -0.25) is 0 Å². The molecular formula is C14H25NOS. The molecule has 0 bridgehead atoms. The summed E-state index contributed by atoms with van der Waals surface area (Å²) < 4.78 is 5.54. The Kier molecular flexibility index (Phi) is 7.49. The zero-order chi connectivity index (χ0) is 12.5. The molecule has 0 spiro atoms. The van der Waals surface area contributed by atoms with Crippen LogP contribution in [0.1, 0.15) is 36.9 Å². The Bertz CT molecular complexity index is 290. The minimum Gasteiger partial charge on any atom is -0.380 e. The van der Waals surface area contributed by atoms with Gasteiger partial charge in [0.2, 0.25) is 0 Å². The van der Waals surface area contributed by atoms with Gasteiger partial charge in [0.15, 0.2) is 0 Å². The Morgan fingerprint density at radius 2 is 2.00 bits per heavy atom. The van der Waals surface area contributed by atoms with E-state index in [2.05, 4.69) is 38.2 Å². The Labute approximate surface area is 109 Å². The van der Waals surface area contributed by atoms with Crippen LogP contribution in [0, 0.1) is 0 Å². The van der Waals surface area contributed by atoms with Gasteiger partial charge in [-0.05, 0) is 44.9 Å². The number of aryl methyl sites for hydroxylation is 1. The fraction of sp³-hybridized carbons (Fsp3) is 0.714. The Balaban J connectivity index is 2.45. The number of hydrogen-bond acceptors (Lipinski definition) is 3. The Hall–Kier alpha value is -0.380. The molecule has 0 amide bonds. The second-order valence-electron chi connectivity index (χ2n) is 4.24. The van der Waals surface area contributed by atoms with Crippen molar-refractivity contribution in [3.63, 3.8) is 0 Å². The molecule has 1 rings (SSSR count). The molecule has 0 saturated heterocycles. The molecule has 0 aromatic carbocycles. The fourth-order valence-electron chi connectivity index (χ4n) is 1.76. The molecular weight excluding hydrogens is 230 g/mol. The summed E-state index contributed by atoms with van der Waals surface area (Å²) in [5.41, 5.74) is 0. The molecule has 0 aliphatic heterocycles. The molecule has 98 valence electrons. The van der Waals surface area contributed by atoms with Crippen LogP contribution < -0.4 is 5.32 Å². The minimum atomic E-state index is 0.457. The van der Waals surface area contributed by atoms with Crippen LogP contribution in [-0.2, 0) is 17.6 Å². The van der Waals surface area contributed by atoms with E-state index in [9.17, 15) is 0 Å². The van der Waals surface area contributed by atoms with E-state index < -0.39 is 0 Å². The van der Waals surface area contributed by atoms with Crippen molar-refractivity contribution in [2.24, 2.45) is 0 Å². The van der Waals surface area contributed by atoms with Crippen LogP contribution in [0.5, 0.6) is 0 Å². The van der Waals surface area contributed by atoms with Crippen molar-refractivity contribution in [2.45, 2.75) is 46.1 Å². The van der Waals surface area contributed by atoms with Gasteiger partial charge in [0.25, 0.3) is 0 Å². The average molecular weight is 255 g/mol. The second-order valence-corrected chi connectivity index (χ2v) is 5.49. The third-order valence-corrected chi connectivity index (χ3v) is 3.97. The van der Waals surface area contributed by atoms with Gasteiger partial charge in [-0.15, -0.1) is 11.3 Å². The first-order valence-electron chi connectivity index (χ1n) is 6.68. The van der Waals surface area contributed by atoms with Crippen molar-refractivity contribution < 1.29 is 4.74 Å². The van der Waals surface area contributed by atoms with Gasteiger partial charge >= 0.3 is 0 Å². The lowest BCUT2D eigenvalue weighted by molar-refractivity contribution is 0.123. The van der Waals surface area contributed by atoms with Crippen molar-refractivity contribution >= 4 is 11.3 Å². The molecule has 1 heterocycles. The number of hydrogen-bond donors (Lipinski definition) is 1. The van der Waals surface area contributed by atoms with Crippen molar-refractivity contribution in [3.8, 4) is 0 Å². The van der Waals surface area contributed by atoms with E-state index in [1.54, 1.807) is 0 Å². The highest BCUT2D eigenvalue weighted by Crippen LogP contribution is 2.18. The average Bonchev–Trinajstić information content (AvgIpc) is 2.80. The van der Waals surface area contributed by atoms with E-state index in [-0.39, 0.29) is 0 Å². The minimum absolute atomic E-state index is 0.457. The van der Waals surface area contributed by atoms with E-state index in [1.165, 1.54) is 16.2 Å². The molecule has 3 heteroatoms. The van der Waals surface area contributed by atoms with Gasteiger partial charge in [-0.2, -0.15) is 0 Å². The normalized spacial score (nSPS) is 12.9. The lowest BCUT2D eigenvalue weighted by Gasteiger charge is -2.17. The van der Waals surface area contributed by atoms with Crippen LogP contribution in [-0.4, -0.2) is 25.8 Å². The SMILES string of the molecule is CCCNC(COCC)Cc1ccc(CC)s1. The van der Waals surface area contributed by atoms with Crippen LogP contribution in [0.25, 0.3) is 0 Å². The molecule has 1 atom stereocenters. The summed E-state index contributed by atoms with van der Waals surface area (Å²) in [4.78, 5) is 2.95. The first-order valence-corrected chi connectivity index (χ1v) is 7.50. The molecule has 2 nitrogen and oxygen atoms in total. The molecule has 0 aliphatic carbocycles. The largest absolute Gasteiger partial charge is 0.380 e. The molecule has 1 aromatic heterocycles. The van der Waals surface area contributed by atoms with Gasteiger partial charge in [-0.25, -0.2) is 0 Å². The Morgan fingerprint density at radius 1 is 1.24 bits per heavy atom.